The van der Waals surface area contributed by atoms with Gasteiger partial charge in [0, 0.05) is 12.1 Å². The molecule has 0 aliphatic heterocycles. The van der Waals surface area contributed by atoms with E-state index in [0.29, 0.717) is 12.0 Å². The zero-order valence-electron chi connectivity index (χ0n) is 8.18. The summed E-state index contributed by atoms with van der Waals surface area (Å²) in [7, 11) is 0. The van der Waals surface area contributed by atoms with Gasteiger partial charge in [0.15, 0.2) is 0 Å². The molecule has 0 aromatic rings. The molecule has 2 heteroatoms. The summed E-state index contributed by atoms with van der Waals surface area (Å²) < 4.78 is 0. The second-order valence-corrected chi connectivity index (χ2v) is 4.30. The zero-order valence-corrected chi connectivity index (χ0v) is 8.18. The highest BCUT2D eigenvalue weighted by Gasteiger charge is 2.24. The zero-order chi connectivity index (χ0) is 9.26. The summed E-state index contributed by atoms with van der Waals surface area (Å²) in [5.74, 6) is 0.834. The Morgan fingerprint density at radius 1 is 1.31 bits per heavy atom. The maximum absolute atomic E-state index is 11.4. The van der Waals surface area contributed by atoms with Crippen molar-refractivity contribution >= 4 is 5.91 Å². The van der Waals surface area contributed by atoms with Crippen LogP contribution in [-0.2, 0) is 4.79 Å². The van der Waals surface area contributed by atoms with Crippen molar-refractivity contribution in [3.05, 3.63) is 11.6 Å². The predicted octanol–water partition coefficient (Wildman–Crippen LogP) is 2.01. The lowest BCUT2D eigenvalue weighted by molar-refractivity contribution is -0.117. The van der Waals surface area contributed by atoms with Crippen molar-refractivity contribution in [3.8, 4) is 0 Å². The summed E-state index contributed by atoms with van der Waals surface area (Å²) in [6, 6.07) is 0.468. The number of hydrogen-bond donors (Lipinski definition) is 1. The van der Waals surface area contributed by atoms with Crippen molar-refractivity contribution in [2.45, 2.75) is 45.1 Å². The maximum Gasteiger partial charge on any atom is 0.244 e. The van der Waals surface area contributed by atoms with E-state index in [2.05, 4.69) is 12.2 Å². The highest BCUT2D eigenvalue weighted by molar-refractivity contribution is 5.88. The fraction of sp³-hybridized carbons (Fsp3) is 0.727. The summed E-state index contributed by atoms with van der Waals surface area (Å²) in [4.78, 5) is 11.4. The number of allylic oxidation sites excluding steroid dienone is 1. The third-order valence-electron chi connectivity index (χ3n) is 3.03. The van der Waals surface area contributed by atoms with Crippen LogP contribution in [0.5, 0.6) is 0 Å². The molecule has 2 nitrogen and oxygen atoms in total. The molecule has 13 heavy (non-hydrogen) atoms. The Labute approximate surface area is 79.4 Å². The molecule has 0 spiro atoms. The first-order valence-corrected chi connectivity index (χ1v) is 5.24. The fourth-order valence-electron chi connectivity index (χ4n) is 1.66. The lowest BCUT2D eigenvalue weighted by Gasteiger charge is -2.25. The highest BCUT2D eigenvalue weighted by Crippen LogP contribution is 2.35. The van der Waals surface area contributed by atoms with E-state index in [9.17, 15) is 4.79 Å². The Morgan fingerprint density at radius 3 is 2.46 bits per heavy atom. The van der Waals surface area contributed by atoms with Crippen LogP contribution in [0.15, 0.2) is 11.6 Å². The van der Waals surface area contributed by atoms with E-state index in [1.165, 1.54) is 37.7 Å². The van der Waals surface area contributed by atoms with Crippen LogP contribution in [-0.4, -0.2) is 11.9 Å². The van der Waals surface area contributed by atoms with E-state index in [0.717, 1.165) is 0 Å². The molecule has 2 aliphatic rings. The molecule has 0 unspecified atom stereocenters. The molecule has 72 valence electrons. The normalized spacial score (nSPS) is 23.9. The fourth-order valence-corrected chi connectivity index (χ4v) is 1.66. The van der Waals surface area contributed by atoms with Gasteiger partial charge in [-0.25, -0.2) is 0 Å². The first-order valence-electron chi connectivity index (χ1n) is 5.24. The number of rotatable bonds is 3. The van der Waals surface area contributed by atoms with Gasteiger partial charge >= 0.3 is 0 Å². The topological polar surface area (TPSA) is 29.1 Å². The van der Waals surface area contributed by atoms with E-state index >= 15 is 0 Å². The first-order chi connectivity index (χ1) is 6.25. The third-order valence-corrected chi connectivity index (χ3v) is 3.03. The van der Waals surface area contributed by atoms with Crippen molar-refractivity contribution in [2.75, 3.05) is 0 Å². The van der Waals surface area contributed by atoms with Gasteiger partial charge in [-0.3, -0.25) is 4.79 Å². The maximum atomic E-state index is 11.4. The van der Waals surface area contributed by atoms with Crippen molar-refractivity contribution in [1.82, 2.24) is 5.32 Å². The lowest BCUT2D eigenvalue weighted by atomic mass is 9.93. The van der Waals surface area contributed by atoms with Gasteiger partial charge in [-0.1, -0.05) is 5.57 Å². The van der Waals surface area contributed by atoms with Crippen molar-refractivity contribution in [2.24, 2.45) is 5.92 Å². The summed E-state index contributed by atoms with van der Waals surface area (Å²) in [6.07, 6.45) is 7.95. The molecule has 0 saturated heterocycles. The van der Waals surface area contributed by atoms with Crippen molar-refractivity contribution < 1.29 is 4.79 Å². The molecular formula is C11H17NO. The monoisotopic (exact) mass is 179 g/mol. The molecule has 0 atom stereocenters. The average Bonchev–Trinajstić information content (AvgIpc) is 2.78. The third kappa shape index (κ3) is 2.33. The van der Waals surface area contributed by atoms with Crippen LogP contribution in [0.3, 0.4) is 0 Å². The Hall–Kier alpha value is -0.790. The van der Waals surface area contributed by atoms with Crippen LogP contribution in [0.1, 0.15) is 39.0 Å². The van der Waals surface area contributed by atoms with Gasteiger partial charge in [-0.05, 0) is 44.9 Å². The Balaban J connectivity index is 1.78. The summed E-state index contributed by atoms with van der Waals surface area (Å²) >= 11 is 0. The van der Waals surface area contributed by atoms with Gasteiger partial charge in [0.25, 0.3) is 0 Å². The number of hydrogen-bond acceptors (Lipinski definition) is 1. The minimum absolute atomic E-state index is 0.120. The van der Waals surface area contributed by atoms with E-state index in [4.69, 9.17) is 0 Å². The largest absolute Gasteiger partial charge is 0.350 e. The first kappa shape index (κ1) is 8.79. The van der Waals surface area contributed by atoms with Gasteiger partial charge < -0.3 is 5.32 Å². The molecule has 0 radical (unpaired) electrons. The number of carbonyl (C=O) groups is 1. The Bertz CT molecular complexity index is 236. The van der Waals surface area contributed by atoms with Crippen LogP contribution < -0.4 is 5.32 Å². The van der Waals surface area contributed by atoms with Crippen LogP contribution in [0, 0.1) is 5.92 Å². The summed E-state index contributed by atoms with van der Waals surface area (Å²) in [5, 5.41) is 3.01. The number of amides is 1. The summed E-state index contributed by atoms with van der Waals surface area (Å²) in [5.41, 5.74) is 1.26. The van der Waals surface area contributed by atoms with Gasteiger partial charge in [0.1, 0.15) is 0 Å². The molecule has 2 fully saturated rings. The molecular weight excluding hydrogens is 162 g/mol. The number of carbonyl (C=O) groups excluding carboxylic acids is 1. The predicted molar refractivity (Wildman–Crippen MR) is 52.3 cm³/mol. The van der Waals surface area contributed by atoms with Gasteiger partial charge in [-0.2, -0.15) is 0 Å². The van der Waals surface area contributed by atoms with Crippen LogP contribution >= 0.6 is 0 Å². The molecule has 2 saturated carbocycles. The average molecular weight is 179 g/mol. The van der Waals surface area contributed by atoms with Crippen molar-refractivity contribution in [3.63, 3.8) is 0 Å². The molecule has 0 aromatic heterocycles. The highest BCUT2D eigenvalue weighted by atomic mass is 16.1. The quantitative estimate of drug-likeness (QED) is 0.660. The second kappa shape index (κ2) is 3.52. The second-order valence-electron chi connectivity index (χ2n) is 4.30. The number of nitrogens with one attached hydrogen (secondary N) is 1. The molecule has 1 amide bonds. The minimum atomic E-state index is 0.120. The molecule has 2 aliphatic carbocycles. The standard InChI is InChI=1S/C11H17NO/c1-8(9-5-6-9)7-11(13)12-10-3-2-4-10/h7,9-10H,2-6H2,1H3,(H,12,13)/b8-7+. The summed E-state index contributed by atoms with van der Waals surface area (Å²) in [6.45, 7) is 2.07. The Kier molecular flexibility index (Phi) is 2.38. The minimum Gasteiger partial charge on any atom is -0.350 e. The van der Waals surface area contributed by atoms with E-state index < -0.39 is 0 Å². The van der Waals surface area contributed by atoms with E-state index in [-0.39, 0.29) is 5.91 Å². The van der Waals surface area contributed by atoms with E-state index in [1.54, 1.807) is 6.08 Å². The molecule has 1 N–H and O–H groups in total. The smallest absolute Gasteiger partial charge is 0.244 e. The van der Waals surface area contributed by atoms with Gasteiger partial charge in [0.05, 0.1) is 0 Å². The molecule has 0 bridgehead atoms. The van der Waals surface area contributed by atoms with Gasteiger partial charge in [-0.15, -0.1) is 0 Å². The molecule has 0 aromatic carbocycles. The van der Waals surface area contributed by atoms with Crippen molar-refractivity contribution in [1.29, 1.82) is 0 Å². The SMILES string of the molecule is C/C(=C\C(=O)NC1CCC1)C1CC1. The van der Waals surface area contributed by atoms with Crippen LogP contribution in [0.25, 0.3) is 0 Å². The van der Waals surface area contributed by atoms with Gasteiger partial charge in [0.2, 0.25) is 5.91 Å². The molecule has 2 rings (SSSR count). The van der Waals surface area contributed by atoms with Crippen LogP contribution in [0.2, 0.25) is 0 Å². The lowest BCUT2D eigenvalue weighted by Crippen LogP contribution is -2.38. The molecule has 0 heterocycles. The van der Waals surface area contributed by atoms with Crippen LogP contribution in [0.4, 0.5) is 0 Å². The Morgan fingerprint density at radius 2 is 2.00 bits per heavy atom. The van der Waals surface area contributed by atoms with E-state index in [1.807, 2.05) is 0 Å².